The number of amides is 1. The van der Waals surface area contributed by atoms with E-state index in [-0.39, 0.29) is 16.2 Å². The van der Waals surface area contributed by atoms with Gasteiger partial charge >= 0.3 is 0 Å². The second-order valence-electron chi connectivity index (χ2n) is 6.66. The van der Waals surface area contributed by atoms with Gasteiger partial charge in [-0.2, -0.15) is 0 Å². The van der Waals surface area contributed by atoms with Gasteiger partial charge in [0.15, 0.2) is 0 Å². The Hall–Kier alpha value is -3.36. The standard InChI is InChI=1S/C23H24N2O5S/c1-3-15-24-31(27,28)22-16-17(9-14-21(22)29-2)23(26)25-18-10-12-20(13-11-18)30-19-7-5-4-6-8-19/h4-14,16,24H,3,15H2,1-2H3,(H,25,26). The largest absolute Gasteiger partial charge is 0.495 e. The molecule has 0 saturated carbocycles. The number of hydrogen-bond donors (Lipinski definition) is 2. The van der Waals surface area contributed by atoms with Crippen LogP contribution in [0, 0.1) is 0 Å². The summed E-state index contributed by atoms with van der Waals surface area (Å²) < 4.78 is 38.5. The molecule has 0 aliphatic heterocycles. The highest BCUT2D eigenvalue weighted by Gasteiger charge is 2.21. The fraction of sp³-hybridized carbons (Fsp3) is 0.174. The predicted octanol–water partition coefficient (Wildman–Crippen LogP) is 4.43. The topological polar surface area (TPSA) is 93.7 Å². The number of benzene rings is 3. The molecule has 0 fully saturated rings. The van der Waals surface area contributed by atoms with Crippen LogP contribution in [-0.4, -0.2) is 28.0 Å². The van der Waals surface area contributed by atoms with Crippen molar-refractivity contribution in [3.8, 4) is 17.2 Å². The summed E-state index contributed by atoms with van der Waals surface area (Å²) in [4.78, 5) is 12.6. The molecule has 0 bridgehead atoms. The average molecular weight is 441 g/mol. The summed E-state index contributed by atoms with van der Waals surface area (Å²) in [6, 6.07) is 20.5. The van der Waals surface area contributed by atoms with E-state index in [9.17, 15) is 13.2 Å². The minimum Gasteiger partial charge on any atom is -0.495 e. The third kappa shape index (κ3) is 5.84. The summed E-state index contributed by atoms with van der Waals surface area (Å²) in [5.74, 6) is 1.07. The third-order valence-electron chi connectivity index (χ3n) is 4.35. The van der Waals surface area contributed by atoms with Crippen LogP contribution in [0.5, 0.6) is 17.2 Å². The first-order valence-corrected chi connectivity index (χ1v) is 11.2. The molecule has 0 aromatic heterocycles. The van der Waals surface area contributed by atoms with E-state index < -0.39 is 15.9 Å². The first-order chi connectivity index (χ1) is 14.9. The lowest BCUT2D eigenvalue weighted by molar-refractivity contribution is 0.102. The van der Waals surface area contributed by atoms with Crippen LogP contribution in [-0.2, 0) is 10.0 Å². The molecule has 0 unspecified atom stereocenters. The number of carbonyl (C=O) groups is 1. The van der Waals surface area contributed by atoms with Gasteiger partial charge in [-0.3, -0.25) is 4.79 Å². The zero-order chi connectivity index (χ0) is 22.3. The molecule has 1 amide bonds. The van der Waals surface area contributed by atoms with Crippen LogP contribution in [0.25, 0.3) is 0 Å². The number of nitrogens with one attached hydrogen (secondary N) is 2. The van der Waals surface area contributed by atoms with Crippen LogP contribution in [0.3, 0.4) is 0 Å². The maximum absolute atomic E-state index is 12.7. The molecule has 0 saturated heterocycles. The Balaban J connectivity index is 1.75. The maximum atomic E-state index is 12.7. The van der Waals surface area contributed by atoms with E-state index in [1.165, 1.54) is 25.3 Å². The van der Waals surface area contributed by atoms with E-state index >= 15 is 0 Å². The zero-order valence-corrected chi connectivity index (χ0v) is 18.1. The van der Waals surface area contributed by atoms with E-state index in [1.807, 2.05) is 37.3 Å². The van der Waals surface area contributed by atoms with Crippen LogP contribution in [0.4, 0.5) is 5.69 Å². The third-order valence-corrected chi connectivity index (χ3v) is 5.83. The van der Waals surface area contributed by atoms with E-state index in [4.69, 9.17) is 9.47 Å². The van der Waals surface area contributed by atoms with E-state index in [2.05, 4.69) is 10.0 Å². The summed E-state index contributed by atoms with van der Waals surface area (Å²) in [5.41, 5.74) is 0.747. The number of carbonyl (C=O) groups excluding carboxylic acids is 1. The van der Waals surface area contributed by atoms with Crippen molar-refractivity contribution in [3.63, 3.8) is 0 Å². The van der Waals surface area contributed by atoms with Crippen molar-refractivity contribution in [1.82, 2.24) is 4.72 Å². The molecule has 0 spiro atoms. The zero-order valence-electron chi connectivity index (χ0n) is 17.3. The SMILES string of the molecule is CCCNS(=O)(=O)c1cc(C(=O)Nc2ccc(Oc3ccccc3)cc2)ccc1OC. The lowest BCUT2D eigenvalue weighted by Crippen LogP contribution is -2.25. The Morgan fingerprint density at radius 2 is 1.61 bits per heavy atom. The second-order valence-corrected chi connectivity index (χ2v) is 8.39. The number of sulfonamides is 1. The summed E-state index contributed by atoms with van der Waals surface area (Å²) in [5, 5.41) is 2.76. The molecular formula is C23H24N2O5S. The Morgan fingerprint density at radius 1 is 0.935 bits per heavy atom. The molecule has 0 atom stereocenters. The van der Waals surface area contributed by atoms with Crippen molar-refractivity contribution in [3.05, 3.63) is 78.4 Å². The molecule has 7 nitrogen and oxygen atoms in total. The highest BCUT2D eigenvalue weighted by molar-refractivity contribution is 7.89. The van der Waals surface area contributed by atoms with Crippen LogP contribution in [0.2, 0.25) is 0 Å². The highest BCUT2D eigenvalue weighted by Crippen LogP contribution is 2.26. The summed E-state index contributed by atoms with van der Waals surface area (Å²) in [6.45, 7) is 2.15. The first kappa shape index (κ1) is 22.3. The molecule has 0 aliphatic carbocycles. The van der Waals surface area contributed by atoms with Gasteiger partial charge in [0.05, 0.1) is 7.11 Å². The number of rotatable bonds is 9. The quantitative estimate of drug-likeness (QED) is 0.513. The minimum atomic E-state index is -3.80. The highest BCUT2D eigenvalue weighted by atomic mass is 32.2. The van der Waals surface area contributed by atoms with Gasteiger partial charge in [-0.05, 0) is 61.0 Å². The first-order valence-electron chi connectivity index (χ1n) is 9.75. The van der Waals surface area contributed by atoms with Gasteiger partial charge < -0.3 is 14.8 Å². The number of anilines is 1. The number of hydrogen-bond acceptors (Lipinski definition) is 5. The molecule has 8 heteroatoms. The fourth-order valence-corrected chi connectivity index (χ4v) is 4.10. The van der Waals surface area contributed by atoms with Gasteiger partial charge in [-0.15, -0.1) is 0 Å². The van der Waals surface area contributed by atoms with Crippen molar-refractivity contribution in [2.75, 3.05) is 19.0 Å². The lowest BCUT2D eigenvalue weighted by atomic mass is 10.2. The van der Waals surface area contributed by atoms with Crippen molar-refractivity contribution >= 4 is 21.6 Å². The van der Waals surface area contributed by atoms with Gasteiger partial charge in [0.1, 0.15) is 22.1 Å². The fourth-order valence-electron chi connectivity index (χ4n) is 2.78. The van der Waals surface area contributed by atoms with Crippen molar-refractivity contribution in [2.45, 2.75) is 18.2 Å². The lowest BCUT2D eigenvalue weighted by Gasteiger charge is -2.12. The molecule has 162 valence electrons. The number of para-hydroxylation sites is 1. The number of methoxy groups -OCH3 is 1. The second kappa shape index (κ2) is 10.1. The molecule has 3 aromatic carbocycles. The maximum Gasteiger partial charge on any atom is 0.255 e. The van der Waals surface area contributed by atoms with Crippen molar-refractivity contribution < 1.29 is 22.7 Å². The molecule has 2 N–H and O–H groups in total. The molecule has 0 heterocycles. The van der Waals surface area contributed by atoms with Gasteiger partial charge in [0, 0.05) is 17.8 Å². The summed E-state index contributed by atoms with van der Waals surface area (Å²) in [6.07, 6.45) is 0.645. The molecule has 31 heavy (non-hydrogen) atoms. The molecule has 0 aliphatic rings. The van der Waals surface area contributed by atoms with Gasteiger partial charge in [0.2, 0.25) is 10.0 Å². The molecule has 3 rings (SSSR count). The van der Waals surface area contributed by atoms with Gasteiger partial charge in [0.25, 0.3) is 5.91 Å². The Morgan fingerprint density at radius 3 is 2.26 bits per heavy atom. The Bertz CT molecular complexity index is 1130. The van der Waals surface area contributed by atoms with Crippen molar-refractivity contribution in [2.24, 2.45) is 0 Å². The monoisotopic (exact) mass is 440 g/mol. The van der Waals surface area contributed by atoms with Crippen molar-refractivity contribution in [1.29, 1.82) is 0 Å². The summed E-state index contributed by atoms with van der Waals surface area (Å²) >= 11 is 0. The van der Waals surface area contributed by atoms with Crippen LogP contribution >= 0.6 is 0 Å². The molecule has 3 aromatic rings. The van der Waals surface area contributed by atoms with E-state index in [1.54, 1.807) is 24.3 Å². The predicted molar refractivity (Wildman–Crippen MR) is 119 cm³/mol. The summed E-state index contributed by atoms with van der Waals surface area (Å²) in [7, 11) is -2.42. The van der Waals surface area contributed by atoms with Crippen LogP contribution < -0.4 is 19.5 Å². The van der Waals surface area contributed by atoms with Gasteiger partial charge in [-0.1, -0.05) is 25.1 Å². The molecular weight excluding hydrogens is 416 g/mol. The normalized spacial score (nSPS) is 11.0. The molecule has 0 radical (unpaired) electrons. The average Bonchev–Trinajstić information content (AvgIpc) is 2.79. The van der Waals surface area contributed by atoms with Gasteiger partial charge in [-0.25, -0.2) is 13.1 Å². The Kier molecular flexibility index (Phi) is 7.28. The minimum absolute atomic E-state index is 0.0808. The van der Waals surface area contributed by atoms with E-state index in [0.717, 1.165) is 0 Å². The van der Waals surface area contributed by atoms with Crippen LogP contribution in [0.1, 0.15) is 23.7 Å². The number of ether oxygens (including phenoxy) is 2. The Labute approximate surface area is 182 Å². The van der Waals surface area contributed by atoms with Crippen LogP contribution in [0.15, 0.2) is 77.7 Å². The smallest absolute Gasteiger partial charge is 0.255 e. The van der Waals surface area contributed by atoms with E-state index in [0.29, 0.717) is 30.2 Å².